The number of nitrogens with zero attached hydrogens (tertiary/aromatic N) is 1. The molecule has 1 fully saturated rings. The molecule has 0 bridgehead atoms. The number of hydrogen-bond acceptors (Lipinski definition) is 6. The Labute approximate surface area is 236 Å². The topological polar surface area (TPSA) is 122 Å². The van der Waals surface area contributed by atoms with Crippen LogP contribution in [0.2, 0.25) is 0 Å². The molecule has 1 aliphatic carbocycles. The van der Waals surface area contributed by atoms with E-state index in [1.807, 2.05) is 13.0 Å². The van der Waals surface area contributed by atoms with Crippen molar-refractivity contribution >= 4 is 31.6 Å². The number of rotatable bonds is 11. The zero-order valence-corrected chi connectivity index (χ0v) is 24.2. The number of nitrogens with one attached hydrogen (secondary N) is 2. The van der Waals surface area contributed by atoms with Crippen LogP contribution in [-0.4, -0.2) is 46.7 Å². The zero-order valence-electron chi connectivity index (χ0n) is 22.6. The fraction of sp³-hybridized carbons (Fsp3) is 0.345. The van der Waals surface area contributed by atoms with Gasteiger partial charge >= 0.3 is 0 Å². The Hall–Kier alpha value is -3.25. The van der Waals surface area contributed by atoms with Crippen molar-refractivity contribution in [3.63, 3.8) is 0 Å². The Kier molecular flexibility index (Phi) is 9.62. The Balaban J connectivity index is 1.56. The second-order valence-electron chi connectivity index (χ2n) is 10.00. The van der Waals surface area contributed by atoms with E-state index in [4.69, 9.17) is 4.74 Å². The van der Waals surface area contributed by atoms with Crippen LogP contribution in [0.15, 0.2) is 88.7 Å². The average Bonchev–Trinajstić information content (AvgIpc) is 2.95. The first kappa shape index (κ1) is 29.7. The number of hydrogen-bond donors (Lipinski definition) is 2. The molecule has 4 rings (SSSR count). The lowest BCUT2D eigenvalue weighted by atomic mass is 9.87. The van der Waals surface area contributed by atoms with Crippen LogP contribution < -0.4 is 14.8 Å². The molecule has 2 unspecified atom stereocenters. The van der Waals surface area contributed by atoms with Gasteiger partial charge in [0, 0.05) is 18.3 Å². The van der Waals surface area contributed by atoms with E-state index in [-0.39, 0.29) is 28.3 Å². The summed E-state index contributed by atoms with van der Waals surface area (Å²) in [7, 11) is -6.46. The number of carbonyl (C=O) groups is 1. The molecule has 3 aromatic carbocycles. The van der Waals surface area contributed by atoms with E-state index in [2.05, 4.69) is 10.0 Å². The minimum atomic E-state index is -4.17. The number of amides is 1. The smallest absolute Gasteiger partial charge is 0.243 e. The molecule has 40 heavy (non-hydrogen) atoms. The van der Waals surface area contributed by atoms with Gasteiger partial charge in [-0.2, -0.15) is 4.31 Å². The van der Waals surface area contributed by atoms with Crippen molar-refractivity contribution in [1.82, 2.24) is 9.03 Å². The van der Waals surface area contributed by atoms with Gasteiger partial charge in [-0.1, -0.05) is 50.1 Å². The van der Waals surface area contributed by atoms with Crippen molar-refractivity contribution in [2.24, 2.45) is 5.92 Å². The maximum absolute atomic E-state index is 13.7. The second-order valence-corrected chi connectivity index (χ2v) is 13.6. The minimum absolute atomic E-state index is 0.00671. The fourth-order valence-corrected chi connectivity index (χ4v) is 7.50. The number of ether oxygens (including phenoxy) is 1. The highest BCUT2D eigenvalue weighted by Crippen LogP contribution is 2.26. The maximum atomic E-state index is 13.7. The van der Waals surface area contributed by atoms with Crippen molar-refractivity contribution in [3.8, 4) is 5.75 Å². The van der Waals surface area contributed by atoms with Crippen molar-refractivity contribution in [2.45, 2.75) is 55.0 Å². The summed E-state index contributed by atoms with van der Waals surface area (Å²) in [6, 6.07) is 20.6. The molecule has 0 saturated heterocycles. The monoisotopic (exact) mass is 585 g/mol. The lowest BCUT2D eigenvalue weighted by molar-refractivity contribution is -0.116. The van der Waals surface area contributed by atoms with Gasteiger partial charge in [-0.05, 0) is 72.9 Å². The van der Waals surface area contributed by atoms with E-state index >= 15 is 0 Å². The summed E-state index contributed by atoms with van der Waals surface area (Å²) in [5, 5.41) is 2.72. The molecule has 1 saturated carbocycles. The summed E-state index contributed by atoms with van der Waals surface area (Å²) in [6.07, 6.45) is 3.80. The largest absolute Gasteiger partial charge is 0.497 e. The van der Waals surface area contributed by atoms with Gasteiger partial charge in [-0.25, -0.2) is 21.6 Å². The molecule has 0 aliphatic heterocycles. The standard InChI is InChI=1S/C29H35N3O6S2/c1-22-8-6-7-11-28(22)31-39(34,35)26-16-18-27(19-17-26)40(36,37)32(20-23-12-14-25(38-2)15-13-23)21-29(33)30-24-9-4-3-5-10-24/h3-5,9-10,12-19,22,28,31H,6-8,11,20-21H2,1-2H3,(H,30,33). The minimum Gasteiger partial charge on any atom is -0.497 e. The molecule has 1 amide bonds. The van der Waals surface area contributed by atoms with E-state index in [1.165, 1.54) is 31.4 Å². The number of methoxy groups -OCH3 is 1. The van der Waals surface area contributed by atoms with Crippen LogP contribution >= 0.6 is 0 Å². The average molecular weight is 586 g/mol. The Bertz CT molecular complexity index is 1490. The molecule has 2 atom stereocenters. The van der Waals surface area contributed by atoms with Crippen LogP contribution in [0.3, 0.4) is 0 Å². The predicted octanol–water partition coefficient (Wildman–Crippen LogP) is 4.38. The molecule has 0 radical (unpaired) electrons. The van der Waals surface area contributed by atoms with Gasteiger partial charge in [0.25, 0.3) is 0 Å². The molecule has 214 valence electrons. The van der Waals surface area contributed by atoms with Gasteiger partial charge in [-0.15, -0.1) is 0 Å². The van der Waals surface area contributed by atoms with E-state index in [9.17, 15) is 21.6 Å². The van der Waals surface area contributed by atoms with Gasteiger partial charge < -0.3 is 10.1 Å². The molecule has 2 N–H and O–H groups in total. The summed E-state index contributed by atoms with van der Waals surface area (Å²) in [4.78, 5) is 12.7. The van der Waals surface area contributed by atoms with E-state index < -0.39 is 32.5 Å². The van der Waals surface area contributed by atoms with Crippen LogP contribution in [0.25, 0.3) is 0 Å². The van der Waals surface area contributed by atoms with Gasteiger partial charge in [0.2, 0.25) is 26.0 Å². The molecule has 11 heteroatoms. The van der Waals surface area contributed by atoms with Crippen LogP contribution in [0.1, 0.15) is 38.2 Å². The van der Waals surface area contributed by atoms with Crippen LogP contribution in [0.4, 0.5) is 5.69 Å². The van der Waals surface area contributed by atoms with Gasteiger partial charge in [0.1, 0.15) is 5.75 Å². The van der Waals surface area contributed by atoms with Crippen molar-refractivity contribution in [3.05, 3.63) is 84.4 Å². The first-order valence-electron chi connectivity index (χ1n) is 13.2. The molecule has 0 heterocycles. The first-order chi connectivity index (χ1) is 19.1. The number of sulfonamides is 2. The first-order valence-corrected chi connectivity index (χ1v) is 16.1. The quantitative estimate of drug-likeness (QED) is 0.344. The number of para-hydroxylation sites is 1. The SMILES string of the molecule is COc1ccc(CN(CC(=O)Nc2ccccc2)S(=O)(=O)c2ccc(S(=O)(=O)NC3CCCCC3C)cc2)cc1. The molecule has 0 spiro atoms. The van der Waals surface area contributed by atoms with E-state index in [1.54, 1.807) is 48.5 Å². The molecule has 1 aliphatic rings. The Morgan fingerprint density at radius 2 is 1.50 bits per heavy atom. The third kappa shape index (κ3) is 7.48. The van der Waals surface area contributed by atoms with E-state index in [0.29, 0.717) is 17.0 Å². The Morgan fingerprint density at radius 3 is 2.12 bits per heavy atom. The number of anilines is 1. The third-order valence-corrected chi connectivity index (χ3v) is 10.4. The zero-order chi connectivity index (χ0) is 28.8. The molecule has 9 nitrogen and oxygen atoms in total. The highest BCUT2D eigenvalue weighted by Gasteiger charge is 2.29. The predicted molar refractivity (Wildman–Crippen MR) is 154 cm³/mol. The summed E-state index contributed by atoms with van der Waals surface area (Å²) >= 11 is 0. The number of benzene rings is 3. The van der Waals surface area contributed by atoms with Crippen molar-refractivity contribution in [2.75, 3.05) is 19.0 Å². The third-order valence-electron chi connectivity index (χ3n) is 7.09. The highest BCUT2D eigenvalue weighted by molar-refractivity contribution is 7.89. The highest BCUT2D eigenvalue weighted by atomic mass is 32.2. The van der Waals surface area contributed by atoms with Gasteiger partial charge in [0.15, 0.2) is 0 Å². The normalized spacial score (nSPS) is 17.9. The second kappa shape index (κ2) is 12.9. The summed E-state index contributed by atoms with van der Waals surface area (Å²) in [6.45, 7) is 1.52. The number of carbonyl (C=O) groups excluding carboxylic acids is 1. The summed E-state index contributed by atoms with van der Waals surface area (Å²) in [5.41, 5.74) is 1.20. The van der Waals surface area contributed by atoms with Crippen molar-refractivity contribution < 1.29 is 26.4 Å². The molecular formula is C29H35N3O6S2. The maximum Gasteiger partial charge on any atom is 0.243 e. The fourth-order valence-electron chi connectivity index (χ4n) is 4.74. The summed E-state index contributed by atoms with van der Waals surface area (Å²) in [5.74, 6) is 0.345. The molecule has 3 aromatic rings. The Morgan fingerprint density at radius 1 is 0.875 bits per heavy atom. The lowest BCUT2D eigenvalue weighted by Gasteiger charge is -2.29. The van der Waals surface area contributed by atoms with E-state index in [0.717, 1.165) is 30.0 Å². The van der Waals surface area contributed by atoms with Crippen LogP contribution in [0.5, 0.6) is 5.75 Å². The lowest BCUT2D eigenvalue weighted by Crippen LogP contribution is -2.41. The summed E-state index contributed by atoms with van der Waals surface area (Å²) < 4.78 is 62.5. The van der Waals surface area contributed by atoms with Gasteiger partial charge in [0.05, 0.1) is 23.4 Å². The molecule has 0 aromatic heterocycles. The van der Waals surface area contributed by atoms with Crippen LogP contribution in [-0.2, 0) is 31.4 Å². The van der Waals surface area contributed by atoms with Gasteiger partial charge in [-0.3, -0.25) is 4.79 Å². The molecular weight excluding hydrogens is 550 g/mol. The van der Waals surface area contributed by atoms with Crippen molar-refractivity contribution in [1.29, 1.82) is 0 Å². The van der Waals surface area contributed by atoms with Crippen LogP contribution in [0, 0.1) is 5.92 Å².